The largest absolute Gasteiger partial charge is 0.351 e. The fourth-order valence-electron chi connectivity index (χ4n) is 1.96. The Hall–Kier alpha value is -1.88. The summed E-state index contributed by atoms with van der Waals surface area (Å²) >= 11 is 0. The molecule has 1 aromatic carbocycles. The minimum absolute atomic E-state index is 0.00720. The van der Waals surface area contributed by atoms with Crippen molar-refractivity contribution in [1.29, 1.82) is 0 Å². The molecule has 0 spiro atoms. The van der Waals surface area contributed by atoms with Crippen molar-refractivity contribution in [3.8, 4) is 0 Å². The van der Waals surface area contributed by atoms with E-state index in [0.29, 0.717) is 18.7 Å². The standard InChI is InChI=1S/C16H25N3O2/c1-12(2)16(21)19(4)11-13-5-7-14(8-6-13)15(20)18-10-9-17-3/h5-8,12,17H,9-11H2,1-4H3,(H,18,20). The van der Waals surface area contributed by atoms with Crippen LogP contribution in [0.3, 0.4) is 0 Å². The van der Waals surface area contributed by atoms with Gasteiger partial charge in [0.05, 0.1) is 0 Å². The van der Waals surface area contributed by atoms with Crippen molar-refractivity contribution in [2.75, 3.05) is 27.2 Å². The molecular weight excluding hydrogens is 266 g/mol. The van der Waals surface area contributed by atoms with Crippen LogP contribution in [-0.2, 0) is 11.3 Å². The van der Waals surface area contributed by atoms with E-state index in [1.54, 1.807) is 24.1 Å². The Kier molecular flexibility index (Phi) is 6.88. The average Bonchev–Trinajstić information content (AvgIpc) is 2.47. The number of hydrogen-bond donors (Lipinski definition) is 2. The molecule has 2 amide bonds. The lowest BCUT2D eigenvalue weighted by atomic mass is 10.1. The highest BCUT2D eigenvalue weighted by atomic mass is 16.2. The number of hydrogen-bond acceptors (Lipinski definition) is 3. The summed E-state index contributed by atoms with van der Waals surface area (Å²) in [5.41, 5.74) is 1.64. The zero-order chi connectivity index (χ0) is 15.8. The van der Waals surface area contributed by atoms with Crippen LogP contribution >= 0.6 is 0 Å². The number of carbonyl (C=O) groups excluding carboxylic acids is 2. The van der Waals surface area contributed by atoms with Gasteiger partial charge in [0.2, 0.25) is 5.91 Å². The van der Waals surface area contributed by atoms with Crippen LogP contribution in [0.5, 0.6) is 0 Å². The number of rotatable bonds is 7. The van der Waals surface area contributed by atoms with E-state index >= 15 is 0 Å². The summed E-state index contributed by atoms with van der Waals surface area (Å²) in [5.74, 6) is 0.0273. The number of carbonyl (C=O) groups is 2. The summed E-state index contributed by atoms with van der Waals surface area (Å²) in [5, 5.41) is 5.80. The summed E-state index contributed by atoms with van der Waals surface area (Å²) in [6.07, 6.45) is 0. The third kappa shape index (κ3) is 5.55. The van der Waals surface area contributed by atoms with E-state index in [9.17, 15) is 9.59 Å². The summed E-state index contributed by atoms with van der Waals surface area (Å²) in [6.45, 7) is 5.67. The molecular formula is C16H25N3O2. The van der Waals surface area contributed by atoms with Crippen LogP contribution < -0.4 is 10.6 Å². The highest BCUT2D eigenvalue weighted by Crippen LogP contribution is 2.09. The number of likely N-dealkylation sites (N-methyl/N-ethyl adjacent to an activating group) is 1. The highest BCUT2D eigenvalue weighted by Gasteiger charge is 2.13. The average molecular weight is 291 g/mol. The van der Waals surface area contributed by atoms with Crippen molar-refractivity contribution < 1.29 is 9.59 Å². The van der Waals surface area contributed by atoms with Gasteiger partial charge in [-0.15, -0.1) is 0 Å². The molecule has 0 unspecified atom stereocenters. The summed E-state index contributed by atoms with van der Waals surface area (Å²) in [4.78, 5) is 25.4. The Morgan fingerprint density at radius 3 is 2.29 bits per heavy atom. The number of nitrogens with zero attached hydrogens (tertiary/aromatic N) is 1. The molecule has 0 fully saturated rings. The van der Waals surface area contributed by atoms with Crippen LogP contribution in [0.25, 0.3) is 0 Å². The van der Waals surface area contributed by atoms with E-state index in [1.165, 1.54) is 0 Å². The van der Waals surface area contributed by atoms with Crippen LogP contribution in [0.4, 0.5) is 0 Å². The Morgan fingerprint density at radius 2 is 1.76 bits per heavy atom. The predicted octanol–water partition coefficient (Wildman–Crippen LogP) is 1.25. The van der Waals surface area contributed by atoms with Gasteiger partial charge in [0.15, 0.2) is 0 Å². The maximum absolute atomic E-state index is 11.8. The quantitative estimate of drug-likeness (QED) is 0.743. The molecule has 2 N–H and O–H groups in total. The monoisotopic (exact) mass is 291 g/mol. The Balaban J connectivity index is 2.57. The van der Waals surface area contributed by atoms with E-state index in [1.807, 2.05) is 33.0 Å². The first kappa shape index (κ1) is 17.2. The van der Waals surface area contributed by atoms with Crippen molar-refractivity contribution in [2.24, 2.45) is 5.92 Å². The van der Waals surface area contributed by atoms with Crippen LogP contribution in [0.2, 0.25) is 0 Å². The summed E-state index contributed by atoms with van der Waals surface area (Å²) < 4.78 is 0. The summed E-state index contributed by atoms with van der Waals surface area (Å²) in [7, 11) is 3.64. The molecule has 0 atom stereocenters. The third-order valence-electron chi connectivity index (χ3n) is 3.17. The normalized spacial score (nSPS) is 10.5. The molecule has 0 aliphatic rings. The van der Waals surface area contributed by atoms with E-state index in [2.05, 4.69) is 10.6 Å². The molecule has 0 saturated heterocycles. The van der Waals surface area contributed by atoms with E-state index in [4.69, 9.17) is 0 Å². The molecule has 0 bridgehead atoms. The van der Waals surface area contributed by atoms with Crippen molar-refractivity contribution in [1.82, 2.24) is 15.5 Å². The fraction of sp³-hybridized carbons (Fsp3) is 0.500. The number of nitrogens with one attached hydrogen (secondary N) is 2. The maximum Gasteiger partial charge on any atom is 0.251 e. The van der Waals surface area contributed by atoms with E-state index < -0.39 is 0 Å². The van der Waals surface area contributed by atoms with Gasteiger partial charge in [-0.3, -0.25) is 9.59 Å². The highest BCUT2D eigenvalue weighted by molar-refractivity contribution is 5.94. The second-order valence-corrected chi connectivity index (χ2v) is 5.41. The lowest BCUT2D eigenvalue weighted by molar-refractivity contribution is -0.133. The van der Waals surface area contributed by atoms with Crippen molar-refractivity contribution in [3.63, 3.8) is 0 Å². The summed E-state index contributed by atoms with van der Waals surface area (Å²) in [6, 6.07) is 7.35. The SMILES string of the molecule is CNCCNC(=O)c1ccc(CN(C)C(=O)C(C)C)cc1. The molecule has 5 nitrogen and oxygen atoms in total. The minimum atomic E-state index is -0.0802. The van der Waals surface area contributed by atoms with Gasteiger partial charge in [0.25, 0.3) is 5.91 Å². The molecule has 116 valence electrons. The second-order valence-electron chi connectivity index (χ2n) is 5.41. The molecule has 0 heterocycles. The molecule has 21 heavy (non-hydrogen) atoms. The number of benzene rings is 1. The van der Waals surface area contributed by atoms with Gasteiger partial charge < -0.3 is 15.5 Å². The predicted molar refractivity (Wildman–Crippen MR) is 84.0 cm³/mol. The van der Waals surface area contributed by atoms with Crippen LogP contribution in [0.1, 0.15) is 29.8 Å². The first-order valence-corrected chi connectivity index (χ1v) is 7.22. The van der Waals surface area contributed by atoms with Gasteiger partial charge in [-0.2, -0.15) is 0 Å². The van der Waals surface area contributed by atoms with Crippen molar-refractivity contribution >= 4 is 11.8 Å². The van der Waals surface area contributed by atoms with Crippen LogP contribution in [0, 0.1) is 5.92 Å². The molecule has 0 aromatic heterocycles. The Bertz CT molecular complexity index is 469. The fourth-order valence-corrected chi connectivity index (χ4v) is 1.96. The van der Waals surface area contributed by atoms with Gasteiger partial charge in [0.1, 0.15) is 0 Å². The molecule has 5 heteroatoms. The molecule has 1 rings (SSSR count). The van der Waals surface area contributed by atoms with Crippen LogP contribution in [-0.4, -0.2) is 43.9 Å². The molecule has 1 aromatic rings. The smallest absolute Gasteiger partial charge is 0.251 e. The Morgan fingerprint density at radius 1 is 1.14 bits per heavy atom. The first-order chi connectivity index (χ1) is 9.95. The van der Waals surface area contributed by atoms with Crippen molar-refractivity contribution in [3.05, 3.63) is 35.4 Å². The maximum atomic E-state index is 11.8. The molecule has 0 saturated carbocycles. The molecule has 0 radical (unpaired) electrons. The van der Waals surface area contributed by atoms with Gasteiger partial charge in [-0.05, 0) is 24.7 Å². The van der Waals surface area contributed by atoms with Gasteiger partial charge in [-0.25, -0.2) is 0 Å². The van der Waals surface area contributed by atoms with Crippen LogP contribution in [0.15, 0.2) is 24.3 Å². The topological polar surface area (TPSA) is 61.4 Å². The zero-order valence-electron chi connectivity index (χ0n) is 13.3. The van der Waals surface area contributed by atoms with Gasteiger partial charge in [-0.1, -0.05) is 26.0 Å². The van der Waals surface area contributed by atoms with Crippen molar-refractivity contribution in [2.45, 2.75) is 20.4 Å². The minimum Gasteiger partial charge on any atom is -0.351 e. The van der Waals surface area contributed by atoms with Gasteiger partial charge in [0, 0.05) is 38.2 Å². The van der Waals surface area contributed by atoms with E-state index in [0.717, 1.165) is 12.1 Å². The lowest BCUT2D eigenvalue weighted by Gasteiger charge is -2.19. The Labute approximate surface area is 126 Å². The number of amides is 2. The second kappa shape index (κ2) is 8.42. The molecule has 0 aliphatic heterocycles. The lowest BCUT2D eigenvalue weighted by Crippen LogP contribution is -2.30. The first-order valence-electron chi connectivity index (χ1n) is 7.22. The zero-order valence-corrected chi connectivity index (χ0v) is 13.3. The third-order valence-corrected chi connectivity index (χ3v) is 3.17. The molecule has 0 aliphatic carbocycles. The van der Waals surface area contributed by atoms with Gasteiger partial charge >= 0.3 is 0 Å². The van der Waals surface area contributed by atoms with E-state index in [-0.39, 0.29) is 17.7 Å².